The number of allylic oxidation sites excluding steroid dienone is 2. The lowest BCUT2D eigenvalue weighted by molar-refractivity contribution is -0.148. The van der Waals surface area contributed by atoms with Gasteiger partial charge in [0.15, 0.2) is 0 Å². The molecule has 0 amide bonds. The van der Waals surface area contributed by atoms with Crippen LogP contribution >= 0.6 is 22.6 Å². The zero-order valence-electron chi connectivity index (χ0n) is 8.92. The lowest BCUT2D eigenvalue weighted by Gasteiger charge is -2.17. The summed E-state index contributed by atoms with van der Waals surface area (Å²) >= 11 is 2.17. The molecular weight excluding hydrogens is 291 g/mol. The molecule has 0 bridgehead atoms. The molecule has 0 rings (SSSR count). The van der Waals surface area contributed by atoms with Crippen molar-refractivity contribution < 1.29 is 9.53 Å². The molecule has 0 radical (unpaired) electrons. The molecule has 0 fully saturated rings. The summed E-state index contributed by atoms with van der Waals surface area (Å²) in [6, 6.07) is 0. The fourth-order valence-corrected chi connectivity index (χ4v) is 1.13. The quantitative estimate of drug-likeness (QED) is 0.343. The zero-order chi connectivity index (χ0) is 11.0. The first-order chi connectivity index (χ1) is 6.45. The van der Waals surface area contributed by atoms with Gasteiger partial charge in [-0.25, -0.2) is 4.79 Å². The number of ether oxygens (including phenoxy) is 1. The van der Waals surface area contributed by atoms with Gasteiger partial charge in [0.2, 0.25) is 0 Å². The number of carbonyl (C=O) groups excluding carboxylic acids is 1. The van der Waals surface area contributed by atoms with Gasteiger partial charge in [-0.15, -0.1) is 0 Å². The average molecular weight is 308 g/mol. The molecule has 0 N–H and O–H groups in total. The molecule has 0 aliphatic rings. The second kappa shape index (κ2) is 7.04. The van der Waals surface area contributed by atoms with E-state index in [2.05, 4.69) is 28.7 Å². The van der Waals surface area contributed by atoms with Crippen molar-refractivity contribution in [3.05, 3.63) is 22.3 Å². The van der Waals surface area contributed by atoms with Gasteiger partial charge in [-0.2, -0.15) is 0 Å². The summed E-state index contributed by atoms with van der Waals surface area (Å²) in [5, 5.41) is 0. The van der Waals surface area contributed by atoms with Crippen molar-refractivity contribution in [1.29, 1.82) is 0 Å². The summed E-state index contributed by atoms with van der Waals surface area (Å²) < 4.78 is 7.07. The van der Waals surface area contributed by atoms with Crippen molar-refractivity contribution in [2.75, 3.05) is 0 Å². The number of unbranched alkanes of at least 4 members (excludes halogenated alkanes) is 1. The predicted octanol–water partition coefficient (Wildman–Crippen LogP) is 3.61. The first-order valence-electron chi connectivity index (χ1n) is 4.60. The summed E-state index contributed by atoms with van der Waals surface area (Å²) in [5.41, 5.74) is -0.399. The SMILES string of the molecule is CC(C)(C)OC(=O)/C=C/CC/C=C/I. The van der Waals surface area contributed by atoms with Gasteiger partial charge in [-0.1, -0.05) is 34.7 Å². The van der Waals surface area contributed by atoms with Gasteiger partial charge < -0.3 is 4.74 Å². The Morgan fingerprint density at radius 1 is 1.29 bits per heavy atom. The highest BCUT2D eigenvalue weighted by Gasteiger charge is 2.13. The molecule has 0 heterocycles. The van der Waals surface area contributed by atoms with Crippen LogP contribution in [0.5, 0.6) is 0 Å². The van der Waals surface area contributed by atoms with Gasteiger partial charge in [0, 0.05) is 6.08 Å². The Hall–Kier alpha value is -0.320. The maximum atomic E-state index is 11.2. The molecule has 0 aromatic carbocycles. The molecule has 80 valence electrons. The number of hydrogen-bond acceptors (Lipinski definition) is 2. The minimum Gasteiger partial charge on any atom is -0.457 e. The van der Waals surface area contributed by atoms with Crippen LogP contribution in [-0.4, -0.2) is 11.6 Å². The summed E-state index contributed by atoms with van der Waals surface area (Å²) in [6.07, 6.45) is 7.22. The van der Waals surface area contributed by atoms with Gasteiger partial charge in [0.05, 0.1) is 0 Å². The van der Waals surface area contributed by atoms with E-state index in [0.29, 0.717) is 0 Å². The van der Waals surface area contributed by atoms with E-state index >= 15 is 0 Å². The lowest BCUT2D eigenvalue weighted by atomic mass is 10.2. The fraction of sp³-hybridized carbons (Fsp3) is 0.545. The minimum absolute atomic E-state index is 0.268. The molecule has 2 nitrogen and oxygen atoms in total. The van der Waals surface area contributed by atoms with E-state index in [1.54, 1.807) is 0 Å². The van der Waals surface area contributed by atoms with Crippen LogP contribution in [-0.2, 0) is 9.53 Å². The maximum Gasteiger partial charge on any atom is 0.330 e. The standard InChI is InChI=1S/C11H17IO2/c1-11(2,3)14-10(13)8-6-4-5-7-9-12/h6-9H,4-5H2,1-3H3/b8-6+,9-7+. The highest BCUT2D eigenvalue weighted by atomic mass is 127. The molecule has 0 unspecified atom stereocenters. The van der Waals surface area contributed by atoms with E-state index in [9.17, 15) is 4.79 Å². The Kier molecular flexibility index (Phi) is 6.87. The van der Waals surface area contributed by atoms with Gasteiger partial charge in [-0.3, -0.25) is 0 Å². The van der Waals surface area contributed by atoms with Crippen LogP contribution in [0.15, 0.2) is 22.3 Å². The third-order valence-corrected chi connectivity index (χ3v) is 1.76. The zero-order valence-corrected chi connectivity index (χ0v) is 11.1. The molecule has 0 aliphatic heterocycles. The summed E-state index contributed by atoms with van der Waals surface area (Å²) in [7, 11) is 0. The molecular formula is C11H17IO2. The van der Waals surface area contributed by atoms with Crippen molar-refractivity contribution >= 4 is 28.6 Å². The molecule has 0 saturated carbocycles. The Morgan fingerprint density at radius 2 is 1.86 bits per heavy atom. The third-order valence-electron chi connectivity index (χ3n) is 1.25. The van der Waals surface area contributed by atoms with E-state index in [1.807, 2.05) is 30.9 Å². The highest BCUT2D eigenvalue weighted by molar-refractivity contribution is 14.1. The van der Waals surface area contributed by atoms with Crippen LogP contribution in [0.25, 0.3) is 0 Å². The number of esters is 1. The van der Waals surface area contributed by atoms with Crippen molar-refractivity contribution in [2.45, 2.75) is 39.2 Å². The van der Waals surface area contributed by atoms with Crippen molar-refractivity contribution in [1.82, 2.24) is 0 Å². The Bertz CT molecular complexity index is 224. The van der Waals surface area contributed by atoms with Crippen molar-refractivity contribution in [3.8, 4) is 0 Å². The number of halogens is 1. The predicted molar refractivity (Wildman–Crippen MR) is 67.4 cm³/mol. The second-order valence-electron chi connectivity index (χ2n) is 3.87. The Morgan fingerprint density at radius 3 is 2.36 bits per heavy atom. The van der Waals surface area contributed by atoms with Gasteiger partial charge >= 0.3 is 5.97 Å². The van der Waals surface area contributed by atoms with E-state index in [-0.39, 0.29) is 5.97 Å². The largest absolute Gasteiger partial charge is 0.457 e. The number of carbonyl (C=O) groups is 1. The highest BCUT2D eigenvalue weighted by Crippen LogP contribution is 2.07. The van der Waals surface area contributed by atoms with Crippen molar-refractivity contribution in [3.63, 3.8) is 0 Å². The van der Waals surface area contributed by atoms with E-state index < -0.39 is 5.60 Å². The van der Waals surface area contributed by atoms with E-state index in [0.717, 1.165) is 12.8 Å². The summed E-state index contributed by atoms with van der Waals surface area (Å²) in [4.78, 5) is 11.2. The first-order valence-corrected chi connectivity index (χ1v) is 5.85. The van der Waals surface area contributed by atoms with Crippen LogP contribution in [0.3, 0.4) is 0 Å². The Balaban J connectivity index is 3.72. The first kappa shape index (κ1) is 13.7. The molecule has 14 heavy (non-hydrogen) atoms. The molecule has 0 aromatic rings. The minimum atomic E-state index is -0.399. The molecule has 0 aliphatic carbocycles. The van der Waals surface area contributed by atoms with E-state index in [4.69, 9.17) is 4.74 Å². The van der Waals surface area contributed by atoms with Gasteiger partial charge in [0.1, 0.15) is 5.60 Å². The molecule has 0 atom stereocenters. The maximum absolute atomic E-state index is 11.2. The van der Waals surface area contributed by atoms with Gasteiger partial charge in [-0.05, 0) is 37.7 Å². The van der Waals surface area contributed by atoms with Crippen LogP contribution in [0.1, 0.15) is 33.6 Å². The Labute approximate surface area is 99.5 Å². The second-order valence-corrected chi connectivity index (χ2v) is 4.59. The normalized spacial score (nSPS) is 12.6. The lowest BCUT2D eigenvalue weighted by Crippen LogP contribution is -2.22. The molecule has 3 heteroatoms. The molecule has 0 aromatic heterocycles. The number of hydrogen-bond donors (Lipinski definition) is 0. The number of rotatable bonds is 4. The molecule has 0 saturated heterocycles. The smallest absolute Gasteiger partial charge is 0.330 e. The third kappa shape index (κ3) is 9.77. The van der Waals surface area contributed by atoms with Crippen molar-refractivity contribution in [2.24, 2.45) is 0 Å². The van der Waals surface area contributed by atoms with Crippen LogP contribution in [0.2, 0.25) is 0 Å². The monoisotopic (exact) mass is 308 g/mol. The van der Waals surface area contributed by atoms with Gasteiger partial charge in [0.25, 0.3) is 0 Å². The van der Waals surface area contributed by atoms with Crippen LogP contribution < -0.4 is 0 Å². The molecule has 0 spiro atoms. The van der Waals surface area contributed by atoms with Crippen LogP contribution in [0, 0.1) is 0 Å². The summed E-state index contributed by atoms with van der Waals surface area (Å²) in [5.74, 6) is -0.268. The average Bonchev–Trinajstić information content (AvgIpc) is 2.00. The van der Waals surface area contributed by atoms with E-state index in [1.165, 1.54) is 6.08 Å². The fourth-order valence-electron chi connectivity index (χ4n) is 0.771. The summed E-state index contributed by atoms with van der Waals surface area (Å²) in [6.45, 7) is 5.58. The topological polar surface area (TPSA) is 26.3 Å². The van der Waals surface area contributed by atoms with Crippen LogP contribution in [0.4, 0.5) is 0 Å².